The standard InChI is InChI=1S/C18H16ClN5O2S/c1-12-15(10-23(2)22-12)16-14-8-9-24(17(14)21-18(19)20-16)27(25,26)11-13-6-4-3-5-7-13/h3-10H,11H2,1-2H3. The van der Waals surface area contributed by atoms with Crippen molar-refractivity contribution < 1.29 is 8.42 Å². The van der Waals surface area contributed by atoms with Crippen LogP contribution in [0, 0.1) is 6.92 Å². The highest BCUT2D eigenvalue weighted by Crippen LogP contribution is 2.30. The summed E-state index contributed by atoms with van der Waals surface area (Å²) >= 11 is 6.11. The van der Waals surface area contributed by atoms with E-state index in [2.05, 4.69) is 15.1 Å². The molecule has 0 radical (unpaired) electrons. The average molecular weight is 402 g/mol. The van der Waals surface area contributed by atoms with Crippen LogP contribution in [0.1, 0.15) is 11.3 Å². The largest absolute Gasteiger partial charge is 0.275 e. The van der Waals surface area contributed by atoms with E-state index >= 15 is 0 Å². The van der Waals surface area contributed by atoms with Crippen molar-refractivity contribution in [2.75, 3.05) is 0 Å². The van der Waals surface area contributed by atoms with Crippen molar-refractivity contribution >= 4 is 32.7 Å². The molecular formula is C18H16ClN5O2S. The van der Waals surface area contributed by atoms with Crippen molar-refractivity contribution in [1.82, 2.24) is 23.7 Å². The van der Waals surface area contributed by atoms with Gasteiger partial charge in [-0.3, -0.25) is 4.68 Å². The summed E-state index contributed by atoms with van der Waals surface area (Å²) in [4.78, 5) is 8.50. The lowest BCUT2D eigenvalue weighted by Crippen LogP contribution is -2.14. The second-order valence-corrected chi connectivity index (χ2v) is 8.42. The first kappa shape index (κ1) is 17.7. The maximum absolute atomic E-state index is 12.9. The minimum absolute atomic E-state index is 0.0179. The van der Waals surface area contributed by atoms with Gasteiger partial charge in [0.1, 0.15) is 0 Å². The molecule has 0 amide bonds. The summed E-state index contributed by atoms with van der Waals surface area (Å²) in [5, 5.41) is 4.91. The number of aryl methyl sites for hydroxylation is 2. The predicted octanol–water partition coefficient (Wildman–Crippen LogP) is 3.17. The molecule has 0 saturated heterocycles. The van der Waals surface area contributed by atoms with E-state index in [4.69, 9.17) is 11.6 Å². The number of hydrogen-bond donors (Lipinski definition) is 0. The minimum atomic E-state index is -3.67. The quantitative estimate of drug-likeness (QED) is 0.490. The summed E-state index contributed by atoms with van der Waals surface area (Å²) in [6, 6.07) is 10.7. The van der Waals surface area contributed by atoms with E-state index in [0.717, 1.165) is 15.2 Å². The summed E-state index contributed by atoms with van der Waals surface area (Å²) in [5.74, 6) is -0.138. The van der Waals surface area contributed by atoms with Crippen molar-refractivity contribution in [2.24, 2.45) is 7.05 Å². The fourth-order valence-corrected chi connectivity index (χ4v) is 4.65. The molecule has 9 heteroatoms. The summed E-state index contributed by atoms with van der Waals surface area (Å²) in [7, 11) is -1.86. The first-order valence-electron chi connectivity index (χ1n) is 8.17. The van der Waals surface area contributed by atoms with Gasteiger partial charge in [-0.25, -0.2) is 17.4 Å². The van der Waals surface area contributed by atoms with E-state index in [-0.39, 0.29) is 16.7 Å². The Morgan fingerprint density at radius 2 is 1.85 bits per heavy atom. The van der Waals surface area contributed by atoms with Gasteiger partial charge in [-0.15, -0.1) is 0 Å². The van der Waals surface area contributed by atoms with Gasteiger partial charge in [0, 0.05) is 30.4 Å². The third-order valence-corrected chi connectivity index (χ3v) is 6.00. The summed E-state index contributed by atoms with van der Waals surface area (Å²) < 4.78 is 28.7. The highest BCUT2D eigenvalue weighted by Gasteiger charge is 2.22. The third kappa shape index (κ3) is 3.22. The summed E-state index contributed by atoms with van der Waals surface area (Å²) in [6.07, 6.45) is 3.31. The predicted molar refractivity (Wildman–Crippen MR) is 104 cm³/mol. The van der Waals surface area contributed by atoms with Crippen molar-refractivity contribution in [3.63, 3.8) is 0 Å². The number of benzene rings is 1. The van der Waals surface area contributed by atoms with Gasteiger partial charge in [0.15, 0.2) is 5.65 Å². The topological polar surface area (TPSA) is 82.7 Å². The van der Waals surface area contributed by atoms with Crippen molar-refractivity contribution in [3.05, 3.63) is 65.3 Å². The molecule has 4 aromatic rings. The number of nitrogens with zero attached hydrogens (tertiary/aromatic N) is 5. The first-order chi connectivity index (χ1) is 12.8. The van der Waals surface area contributed by atoms with E-state index < -0.39 is 10.0 Å². The molecule has 0 atom stereocenters. The molecule has 138 valence electrons. The Morgan fingerprint density at radius 3 is 2.52 bits per heavy atom. The maximum Gasteiger partial charge on any atom is 0.244 e. The highest BCUT2D eigenvalue weighted by molar-refractivity contribution is 7.89. The molecule has 0 bridgehead atoms. The van der Waals surface area contributed by atoms with Gasteiger partial charge in [-0.2, -0.15) is 10.1 Å². The van der Waals surface area contributed by atoms with E-state index in [1.54, 1.807) is 35.0 Å². The zero-order valence-electron chi connectivity index (χ0n) is 14.7. The Morgan fingerprint density at radius 1 is 1.11 bits per heavy atom. The van der Waals surface area contributed by atoms with E-state index in [0.29, 0.717) is 16.6 Å². The summed E-state index contributed by atoms with van der Waals surface area (Å²) in [5.41, 5.74) is 3.06. The lowest BCUT2D eigenvalue weighted by Gasteiger charge is -2.08. The van der Waals surface area contributed by atoms with Crippen LogP contribution in [0.2, 0.25) is 5.28 Å². The lowest BCUT2D eigenvalue weighted by molar-refractivity contribution is 0.588. The zero-order valence-corrected chi connectivity index (χ0v) is 16.2. The van der Waals surface area contributed by atoms with Crippen LogP contribution in [-0.2, 0) is 22.8 Å². The molecule has 0 fully saturated rings. The van der Waals surface area contributed by atoms with E-state index in [1.165, 1.54) is 6.20 Å². The van der Waals surface area contributed by atoms with Gasteiger partial charge in [-0.05, 0) is 30.2 Å². The molecule has 0 saturated carbocycles. The molecule has 1 aromatic carbocycles. The van der Waals surface area contributed by atoms with Gasteiger partial charge >= 0.3 is 0 Å². The van der Waals surface area contributed by atoms with Crippen molar-refractivity contribution in [1.29, 1.82) is 0 Å². The van der Waals surface area contributed by atoms with Crippen LogP contribution in [0.5, 0.6) is 0 Å². The normalized spacial score (nSPS) is 12.0. The van der Waals surface area contributed by atoms with Crippen LogP contribution in [0.3, 0.4) is 0 Å². The highest BCUT2D eigenvalue weighted by atomic mass is 35.5. The molecule has 3 heterocycles. The molecule has 0 aliphatic rings. The van der Waals surface area contributed by atoms with Gasteiger partial charge in [-0.1, -0.05) is 30.3 Å². The Labute approximate surface area is 161 Å². The van der Waals surface area contributed by atoms with Crippen LogP contribution >= 0.6 is 11.6 Å². The van der Waals surface area contributed by atoms with E-state index in [9.17, 15) is 8.42 Å². The zero-order chi connectivity index (χ0) is 19.2. The second kappa shape index (κ2) is 6.47. The molecule has 0 unspecified atom stereocenters. The molecule has 0 aliphatic carbocycles. The van der Waals surface area contributed by atoms with Gasteiger partial charge in [0.25, 0.3) is 0 Å². The number of hydrogen-bond acceptors (Lipinski definition) is 5. The SMILES string of the molecule is Cc1nn(C)cc1-c1nc(Cl)nc2c1ccn2S(=O)(=O)Cc1ccccc1. The fourth-order valence-electron chi connectivity index (χ4n) is 3.08. The van der Waals surface area contributed by atoms with Crippen LogP contribution in [0.4, 0.5) is 0 Å². The Kier molecular flexibility index (Phi) is 4.24. The van der Waals surface area contributed by atoms with Crippen molar-refractivity contribution in [2.45, 2.75) is 12.7 Å². The van der Waals surface area contributed by atoms with Crippen LogP contribution in [-0.4, -0.2) is 32.1 Å². The minimum Gasteiger partial charge on any atom is -0.275 e. The average Bonchev–Trinajstić information content (AvgIpc) is 3.18. The Balaban J connectivity index is 1.88. The smallest absolute Gasteiger partial charge is 0.244 e. The van der Waals surface area contributed by atoms with Gasteiger partial charge < -0.3 is 0 Å². The number of rotatable bonds is 4. The molecule has 0 N–H and O–H groups in total. The molecular weight excluding hydrogens is 386 g/mol. The monoisotopic (exact) mass is 401 g/mol. The van der Waals surface area contributed by atoms with Gasteiger partial charge in [0.2, 0.25) is 15.3 Å². The summed E-state index contributed by atoms with van der Waals surface area (Å²) in [6.45, 7) is 1.86. The molecule has 3 aromatic heterocycles. The van der Waals surface area contributed by atoms with Crippen molar-refractivity contribution in [3.8, 4) is 11.3 Å². The first-order valence-corrected chi connectivity index (χ1v) is 10.2. The molecule has 4 rings (SSSR count). The third-order valence-electron chi connectivity index (χ3n) is 4.24. The molecule has 0 aliphatic heterocycles. The Hall–Kier alpha value is -2.71. The molecule has 7 nitrogen and oxygen atoms in total. The molecule has 27 heavy (non-hydrogen) atoms. The van der Waals surface area contributed by atoms with Gasteiger partial charge in [0.05, 0.1) is 17.1 Å². The van der Waals surface area contributed by atoms with Crippen LogP contribution in [0.25, 0.3) is 22.3 Å². The fraction of sp³-hybridized carbons (Fsp3) is 0.167. The number of aromatic nitrogens is 5. The lowest BCUT2D eigenvalue weighted by atomic mass is 10.1. The maximum atomic E-state index is 12.9. The van der Waals surface area contributed by atoms with E-state index in [1.807, 2.05) is 26.2 Å². The van der Waals surface area contributed by atoms with Crippen LogP contribution in [0.15, 0.2) is 48.8 Å². The molecule has 0 spiro atoms. The number of halogens is 1. The number of fused-ring (bicyclic) bond motifs is 1. The second-order valence-electron chi connectivity index (χ2n) is 6.23. The van der Waals surface area contributed by atoms with Crippen LogP contribution < -0.4 is 0 Å². The Bertz CT molecular complexity index is 1250.